The number of imidazole rings is 2. The summed E-state index contributed by atoms with van der Waals surface area (Å²) >= 11 is 0. The van der Waals surface area contributed by atoms with E-state index in [1.165, 1.54) is 0 Å². The van der Waals surface area contributed by atoms with Gasteiger partial charge in [0.15, 0.2) is 0 Å². The number of fused-ring (bicyclic) bond motifs is 2. The lowest BCUT2D eigenvalue weighted by Crippen LogP contribution is -2.16. The van der Waals surface area contributed by atoms with Gasteiger partial charge in [-0.1, -0.05) is 30.3 Å². The van der Waals surface area contributed by atoms with Gasteiger partial charge in [0.2, 0.25) is 11.9 Å². The summed E-state index contributed by atoms with van der Waals surface area (Å²) in [5, 5.41) is 7.36. The van der Waals surface area contributed by atoms with E-state index < -0.39 is 0 Å². The predicted octanol–water partition coefficient (Wildman–Crippen LogP) is 3.35. The lowest BCUT2D eigenvalue weighted by molar-refractivity contribution is 0.101. The third kappa shape index (κ3) is 3.38. The fraction of sp³-hybridized carbons (Fsp3) is 0.0455. The average molecular weight is 411 g/mol. The van der Waals surface area contributed by atoms with Crippen molar-refractivity contribution in [2.24, 2.45) is 7.05 Å². The SMILES string of the molecule is Cn1c(NC(=O)c2cc3ccccc3cn2)nc2c(C(=O)Nc3ncc[nH]3)cccc21. The highest BCUT2D eigenvalue weighted by Crippen LogP contribution is 2.23. The molecule has 0 fully saturated rings. The van der Waals surface area contributed by atoms with Gasteiger partial charge < -0.3 is 9.55 Å². The highest BCUT2D eigenvalue weighted by atomic mass is 16.2. The summed E-state index contributed by atoms with van der Waals surface area (Å²) in [5.41, 5.74) is 1.82. The first-order valence-electron chi connectivity index (χ1n) is 9.52. The standard InChI is InChI=1S/C22H17N7O2/c1-29-17-8-4-7-15(19(30)27-21-23-9-10-24-21)18(17)26-22(29)28-20(31)16-11-13-5-2-3-6-14(13)12-25-16/h2-12H,1H3,(H,26,28,31)(H2,23,24,27,30). The van der Waals surface area contributed by atoms with Gasteiger partial charge in [-0.15, -0.1) is 0 Å². The second-order valence-corrected chi connectivity index (χ2v) is 6.93. The second-order valence-electron chi connectivity index (χ2n) is 6.93. The van der Waals surface area contributed by atoms with E-state index in [0.29, 0.717) is 28.5 Å². The molecule has 0 radical (unpaired) electrons. The van der Waals surface area contributed by atoms with Crippen molar-refractivity contribution in [3.63, 3.8) is 0 Å². The van der Waals surface area contributed by atoms with Crippen molar-refractivity contribution in [3.8, 4) is 0 Å². The van der Waals surface area contributed by atoms with Crippen LogP contribution in [0.3, 0.4) is 0 Å². The van der Waals surface area contributed by atoms with Gasteiger partial charge in [0, 0.05) is 31.0 Å². The number of aromatic amines is 1. The molecule has 152 valence electrons. The number of para-hydroxylation sites is 1. The number of nitrogens with zero attached hydrogens (tertiary/aromatic N) is 4. The van der Waals surface area contributed by atoms with Crippen molar-refractivity contribution in [1.82, 2.24) is 24.5 Å². The largest absolute Gasteiger partial charge is 0.331 e. The minimum atomic E-state index is -0.384. The third-order valence-corrected chi connectivity index (χ3v) is 4.98. The summed E-state index contributed by atoms with van der Waals surface area (Å²) in [6, 6.07) is 14.7. The summed E-state index contributed by atoms with van der Waals surface area (Å²) in [6.45, 7) is 0. The fourth-order valence-corrected chi connectivity index (χ4v) is 3.39. The Morgan fingerprint density at radius 2 is 1.81 bits per heavy atom. The highest BCUT2D eigenvalue weighted by molar-refractivity contribution is 6.12. The van der Waals surface area contributed by atoms with Crippen LogP contribution in [0.2, 0.25) is 0 Å². The van der Waals surface area contributed by atoms with E-state index in [-0.39, 0.29) is 17.5 Å². The maximum Gasteiger partial charge on any atom is 0.276 e. The molecule has 0 saturated carbocycles. The summed E-state index contributed by atoms with van der Waals surface area (Å²) in [7, 11) is 1.77. The summed E-state index contributed by atoms with van der Waals surface area (Å²) in [5.74, 6) is -0.0829. The molecule has 0 aliphatic heterocycles. The molecule has 2 aromatic carbocycles. The van der Waals surface area contributed by atoms with Crippen LogP contribution in [-0.4, -0.2) is 36.3 Å². The highest BCUT2D eigenvalue weighted by Gasteiger charge is 2.19. The molecule has 0 atom stereocenters. The number of pyridine rings is 1. The normalized spacial score (nSPS) is 11.0. The molecule has 0 aliphatic rings. The molecular weight excluding hydrogens is 394 g/mol. The van der Waals surface area contributed by atoms with Gasteiger partial charge in [-0.25, -0.2) is 9.97 Å². The first kappa shape index (κ1) is 18.5. The number of benzene rings is 2. The Hall–Kier alpha value is -4.53. The van der Waals surface area contributed by atoms with Crippen LogP contribution in [0.1, 0.15) is 20.8 Å². The molecule has 0 aliphatic carbocycles. The van der Waals surface area contributed by atoms with Gasteiger partial charge in [0.05, 0.1) is 11.1 Å². The molecule has 0 spiro atoms. The number of aromatic nitrogens is 5. The van der Waals surface area contributed by atoms with Gasteiger partial charge in [-0.2, -0.15) is 0 Å². The summed E-state index contributed by atoms with van der Waals surface area (Å²) in [4.78, 5) is 41.1. The van der Waals surface area contributed by atoms with Crippen LogP contribution < -0.4 is 10.6 Å². The molecule has 3 aromatic heterocycles. The van der Waals surface area contributed by atoms with Gasteiger partial charge in [-0.05, 0) is 23.6 Å². The molecule has 3 N–H and O–H groups in total. The maximum atomic E-state index is 12.8. The number of anilines is 2. The minimum absolute atomic E-state index is 0.279. The van der Waals surface area contributed by atoms with Gasteiger partial charge >= 0.3 is 0 Å². The topological polar surface area (TPSA) is 118 Å². The maximum absolute atomic E-state index is 12.8. The zero-order valence-corrected chi connectivity index (χ0v) is 16.5. The van der Waals surface area contributed by atoms with Crippen LogP contribution in [0.15, 0.2) is 67.1 Å². The quantitative estimate of drug-likeness (QED) is 0.419. The van der Waals surface area contributed by atoms with Crippen molar-refractivity contribution < 1.29 is 9.59 Å². The molecule has 9 nitrogen and oxygen atoms in total. The van der Waals surface area contributed by atoms with Crippen molar-refractivity contribution in [1.29, 1.82) is 0 Å². The number of carbonyl (C=O) groups is 2. The van der Waals surface area contributed by atoms with Crippen LogP contribution in [0.4, 0.5) is 11.9 Å². The Morgan fingerprint density at radius 1 is 0.968 bits per heavy atom. The number of amides is 2. The van der Waals surface area contributed by atoms with E-state index in [1.807, 2.05) is 30.3 Å². The fourth-order valence-electron chi connectivity index (χ4n) is 3.39. The third-order valence-electron chi connectivity index (χ3n) is 4.98. The Balaban J connectivity index is 1.46. The number of nitrogens with one attached hydrogen (secondary N) is 3. The number of carbonyl (C=O) groups excluding carboxylic acids is 2. The van der Waals surface area contributed by atoms with Crippen LogP contribution in [0, 0.1) is 0 Å². The molecule has 5 rings (SSSR count). The Bertz CT molecular complexity index is 1440. The van der Waals surface area contributed by atoms with Crippen molar-refractivity contribution in [2.75, 3.05) is 10.6 Å². The second kappa shape index (κ2) is 7.38. The number of hydrogen-bond acceptors (Lipinski definition) is 5. The Labute approximate surface area is 176 Å². The van der Waals surface area contributed by atoms with Crippen molar-refractivity contribution in [3.05, 3.63) is 78.4 Å². The van der Waals surface area contributed by atoms with Crippen molar-refractivity contribution >= 4 is 45.5 Å². The van der Waals surface area contributed by atoms with E-state index in [2.05, 4.69) is 30.6 Å². The molecule has 31 heavy (non-hydrogen) atoms. The van der Waals surface area contributed by atoms with Crippen LogP contribution in [0.25, 0.3) is 21.8 Å². The van der Waals surface area contributed by atoms with Gasteiger partial charge in [0.1, 0.15) is 11.2 Å². The van der Waals surface area contributed by atoms with Gasteiger partial charge in [0.25, 0.3) is 11.8 Å². The van der Waals surface area contributed by atoms with Gasteiger partial charge in [-0.3, -0.25) is 25.2 Å². The van der Waals surface area contributed by atoms with Crippen LogP contribution >= 0.6 is 0 Å². The number of aryl methyl sites for hydroxylation is 1. The Morgan fingerprint density at radius 3 is 2.61 bits per heavy atom. The smallest absolute Gasteiger partial charge is 0.276 e. The van der Waals surface area contributed by atoms with E-state index in [0.717, 1.165) is 10.8 Å². The van der Waals surface area contributed by atoms with Crippen LogP contribution in [0.5, 0.6) is 0 Å². The molecule has 0 bridgehead atoms. The van der Waals surface area contributed by atoms with E-state index >= 15 is 0 Å². The minimum Gasteiger partial charge on any atom is -0.331 e. The zero-order chi connectivity index (χ0) is 21.4. The van der Waals surface area contributed by atoms with E-state index in [4.69, 9.17) is 0 Å². The Kier molecular flexibility index (Phi) is 4.40. The first-order valence-corrected chi connectivity index (χ1v) is 9.52. The van der Waals surface area contributed by atoms with Crippen molar-refractivity contribution in [2.45, 2.75) is 0 Å². The molecule has 5 aromatic rings. The summed E-state index contributed by atoms with van der Waals surface area (Å²) in [6.07, 6.45) is 4.83. The number of hydrogen-bond donors (Lipinski definition) is 3. The van der Waals surface area contributed by atoms with Crippen LogP contribution in [-0.2, 0) is 7.05 Å². The first-order chi connectivity index (χ1) is 15.1. The monoisotopic (exact) mass is 411 g/mol. The lowest BCUT2D eigenvalue weighted by Gasteiger charge is -2.05. The summed E-state index contributed by atoms with van der Waals surface area (Å²) < 4.78 is 1.72. The number of H-pyrrole nitrogens is 1. The molecule has 0 saturated heterocycles. The zero-order valence-electron chi connectivity index (χ0n) is 16.5. The molecular formula is C22H17N7O2. The predicted molar refractivity (Wildman–Crippen MR) is 117 cm³/mol. The lowest BCUT2D eigenvalue weighted by atomic mass is 10.1. The molecule has 9 heteroatoms. The van der Waals surface area contributed by atoms with E-state index in [9.17, 15) is 9.59 Å². The molecule has 0 unspecified atom stereocenters. The molecule has 2 amide bonds. The number of rotatable bonds is 4. The molecule has 3 heterocycles. The van der Waals surface area contributed by atoms with E-state index in [1.54, 1.807) is 48.4 Å². The average Bonchev–Trinajstić information content (AvgIpc) is 3.41.